The number of thiophene rings is 1. The van der Waals surface area contributed by atoms with E-state index in [1.165, 1.54) is 22.2 Å². The normalized spacial score (nSPS) is 10.8. The van der Waals surface area contributed by atoms with Crippen LogP contribution in [0.15, 0.2) is 42.6 Å². The minimum atomic E-state index is -1.06. The molecule has 0 radical (unpaired) electrons. The van der Waals surface area contributed by atoms with E-state index < -0.39 is 5.97 Å². The Balaban J connectivity index is 2.18. The van der Waals surface area contributed by atoms with Gasteiger partial charge >= 0.3 is 5.97 Å². The first-order valence-corrected chi connectivity index (χ1v) is 7.47. The van der Waals surface area contributed by atoms with E-state index in [4.69, 9.17) is 23.2 Å². The van der Waals surface area contributed by atoms with Gasteiger partial charge in [0, 0.05) is 11.8 Å². The molecule has 1 N–H and O–H groups in total. The smallest absolute Gasteiger partial charge is 0.339 e. The third kappa shape index (κ3) is 2.68. The molecule has 1 aromatic carbocycles. The first kappa shape index (κ1) is 14.1. The van der Waals surface area contributed by atoms with Crippen LogP contribution >= 0.6 is 34.5 Å². The Morgan fingerprint density at radius 2 is 1.95 bits per heavy atom. The second-order valence-electron chi connectivity index (χ2n) is 4.21. The molecule has 0 unspecified atom stereocenters. The monoisotopic (exact) mass is 338 g/mol. The lowest BCUT2D eigenvalue weighted by Gasteiger charge is -1.99. The highest BCUT2D eigenvalue weighted by molar-refractivity contribution is 7.20. The fourth-order valence-corrected chi connectivity index (χ4v) is 3.41. The molecule has 0 bridgehead atoms. The van der Waals surface area contributed by atoms with Crippen LogP contribution in [0.5, 0.6) is 0 Å². The van der Waals surface area contributed by atoms with Gasteiger partial charge in [-0.3, -0.25) is 0 Å². The quantitative estimate of drug-likeness (QED) is 0.758. The number of carboxylic acid groups (broad SMARTS) is 1. The number of carboxylic acids is 1. The van der Waals surface area contributed by atoms with Crippen LogP contribution in [0.1, 0.15) is 10.4 Å². The third-order valence-electron chi connectivity index (χ3n) is 2.88. The van der Waals surface area contributed by atoms with Gasteiger partial charge in [-0.1, -0.05) is 41.4 Å². The zero-order valence-corrected chi connectivity index (χ0v) is 12.8. The molecule has 21 heavy (non-hydrogen) atoms. The summed E-state index contributed by atoms with van der Waals surface area (Å²) in [6.07, 6.45) is 1.47. The van der Waals surface area contributed by atoms with E-state index in [-0.39, 0.29) is 5.56 Å². The fraction of sp³-hybridized carbons (Fsp3) is 0. The summed E-state index contributed by atoms with van der Waals surface area (Å²) in [6, 6.07) is 10.9. The van der Waals surface area contributed by atoms with Crippen LogP contribution in [0.25, 0.3) is 16.9 Å². The first-order chi connectivity index (χ1) is 10.1. The number of aromatic nitrogens is 2. The summed E-state index contributed by atoms with van der Waals surface area (Å²) >= 11 is 13.2. The second kappa shape index (κ2) is 5.52. The van der Waals surface area contributed by atoms with Gasteiger partial charge in [-0.2, -0.15) is 5.10 Å². The molecule has 0 spiro atoms. The average Bonchev–Trinajstić information content (AvgIpc) is 3.03. The van der Waals surface area contributed by atoms with E-state index in [1.54, 1.807) is 6.07 Å². The fourth-order valence-electron chi connectivity index (χ4n) is 1.94. The van der Waals surface area contributed by atoms with Crippen molar-refractivity contribution in [1.82, 2.24) is 9.78 Å². The summed E-state index contributed by atoms with van der Waals surface area (Å²) in [6.45, 7) is 0. The van der Waals surface area contributed by atoms with Gasteiger partial charge in [0.15, 0.2) is 0 Å². The van der Waals surface area contributed by atoms with Gasteiger partial charge < -0.3 is 5.11 Å². The number of aromatic carboxylic acids is 1. The molecule has 0 aliphatic carbocycles. The van der Waals surface area contributed by atoms with Crippen LogP contribution in [0, 0.1) is 0 Å². The maximum Gasteiger partial charge on any atom is 0.339 e. The first-order valence-electron chi connectivity index (χ1n) is 5.90. The summed E-state index contributed by atoms with van der Waals surface area (Å²) < 4.78 is 2.42. The molecule has 0 saturated heterocycles. The number of para-hydroxylation sites is 1. The molecular weight excluding hydrogens is 331 g/mol. The van der Waals surface area contributed by atoms with Gasteiger partial charge in [0.25, 0.3) is 0 Å². The number of nitrogens with zero attached hydrogens (tertiary/aromatic N) is 2. The highest BCUT2D eigenvalue weighted by Gasteiger charge is 2.21. The molecule has 0 aliphatic rings. The number of hydrogen-bond donors (Lipinski definition) is 1. The number of hydrogen-bond acceptors (Lipinski definition) is 3. The second-order valence-corrected chi connectivity index (χ2v) is 6.50. The molecule has 3 rings (SSSR count). The van der Waals surface area contributed by atoms with Gasteiger partial charge in [0.2, 0.25) is 0 Å². The van der Waals surface area contributed by atoms with Gasteiger partial charge in [-0.05, 0) is 18.2 Å². The van der Waals surface area contributed by atoms with Crippen molar-refractivity contribution in [2.24, 2.45) is 0 Å². The Bertz CT molecular complexity index is 812. The maximum atomic E-state index is 11.4. The van der Waals surface area contributed by atoms with Gasteiger partial charge in [-0.15, -0.1) is 11.3 Å². The highest BCUT2D eigenvalue weighted by atomic mass is 35.5. The van der Waals surface area contributed by atoms with E-state index in [2.05, 4.69) is 5.10 Å². The van der Waals surface area contributed by atoms with Crippen LogP contribution in [0.4, 0.5) is 0 Å². The van der Waals surface area contributed by atoms with Crippen molar-refractivity contribution in [3.05, 3.63) is 56.8 Å². The molecule has 3 aromatic rings. The van der Waals surface area contributed by atoms with E-state index >= 15 is 0 Å². The third-order valence-corrected chi connectivity index (χ3v) is 4.36. The van der Waals surface area contributed by atoms with Crippen molar-refractivity contribution in [2.75, 3.05) is 0 Å². The molecule has 2 heterocycles. The maximum absolute atomic E-state index is 11.4. The van der Waals surface area contributed by atoms with Crippen molar-refractivity contribution in [3.63, 3.8) is 0 Å². The molecule has 0 saturated carbocycles. The summed E-state index contributed by atoms with van der Waals surface area (Å²) in [4.78, 5) is 11.4. The Kier molecular flexibility index (Phi) is 3.71. The molecule has 4 nitrogen and oxygen atoms in total. The summed E-state index contributed by atoms with van der Waals surface area (Å²) in [5.74, 6) is -1.06. The van der Waals surface area contributed by atoms with E-state index in [9.17, 15) is 9.90 Å². The molecule has 2 aromatic heterocycles. The molecule has 0 fully saturated rings. The van der Waals surface area contributed by atoms with Crippen molar-refractivity contribution < 1.29 is 9.90 Å². The Hall–Kier alpha value is -1.82. The van der Waals surface area contributed by atoms with Crippen LogP contribution in [-0.4, -0.2) is 20.9 Å². The minimum Gasteiger partial charge on any atom is -0.478 e. The van der Waals surface area contributed by atoms with Gasteiger partial charge in [0.1, 0.15) is 15.6 Å². The van der Waals surface area contributed by atoms with Crippen molar-refractivity contribution in [1.29, 1.82) is 0 Å². The average molecular weight is 339 g/mol. The van der Waals surface area contributed by atoms with Gasteiger partial charge in [0.05, 0.1) is 10.0 Å². The van der Waals surface area contributed by atoms with Crippen LogP contribution < -0.4 is 0 Å². The molecular formula is C14H8Cl2N2O2S. The SMILES string of the molecule is O=C(O)c1cn(-c2ccccc2)nc1-c1cc(Cl)sc1Cl. The Labute approximate surface area is 134 Å². The van der Waals surface area contributed by atoms with Crippen LogP contribution in [-0.2, 0) is 0 Å². The zero-order valence-electron chi connectivity index (χ0n) is 10.5. The largest absolute Gasteiger partial charge is 0.478 e. The highest BCUT2D eigenvalue weighted by Crippen LogP contribution is 2.39. The standard InChI is InChI=1S/C14H8Cl2N2O2S/c15-11-6-9(13(16)21-11)12-10(14(19)20)7-18(17-12)8-4-2-1-3-5-8/h1-7H,(H,19,20). The lowest BCUT2D eigenvalue weighted by molar-refractivity contribution is 0.0697. The topological polar surface area (TPSA) is 55.1 Å². The summed E-state index contributed by atoms with van der Waals surface area (Å²) in [5.41, 5.74) is 1.68. The van der Waals surface area contributed by atoms with Crippen LogP contribution in [0.2, 0.25) is 8.67 Å². The number of halogens is 2. The van der Waals surface area contributed by atoms with Crippen LogP contribution in [0.3, 0.4) is 0 Å². The van der Waals surface area contributed by atoms with Crippen molar-refractivity contribution in [3.8, 4) is 16.9 Å². The number of benzene rings is 1. The van der Waals surface area contributed by atoms with Gasteiger partial charge in [-0.25, -0.2) is 9.48 Å². The van der Waals surface area contributed by atoms with Crippen molar-refractivity contribution in [2.45, 2.75) is 0 Å². The Morgan fingerprint density at radius 1 is 1.24 bits per heavy atom. The predicted octanol–water partition coefficient (Wildman–Crippen LogP) is 4.61. The summed E-state index contributed by atoms with van der Waals surface area (Å²) in [5, 5.41) is 13.7. The lowest BCUT2D eigenvalue weighted by Crippen LogP contribution is -1.96. The van der Waals surface area contributed by atoms with Crippen molar-refractivity contribution >= 4 is 40.5 Å². The lowest BCUT2D eigenvalue weighted by atomic mass is 10.1. The predicted molar refractivity (Wildman–Crippen MR) is 83.9 cm³/mol. The summed E-state index contributed by atoms with van der Waals surface area (Å²) in [7, 11) is 0. The molecule has 106 valence electrons. The molecule has 0 aliphatic heterocycles. The zero-order chi connectivity index (χ0) is 15.0. The molecule has 0 amide bonds. The number of carbonyl (C=O) groups is 1. The van der Waals surface area contributed by atoms with E-state index in [0.29, 0.717) is 19.9 Å². The molecule has 0 atom stereocenters. The van der Waals surface area contributed by atoms with E-state index in [1.807, 2.05) is 30.3 Å². The minimum absolute atomic E-state index is 0.0789. The number of rotatable bonds is 3. The Morgan fingerprint density at radius 3 is 2.52 bits per heavy atom. The molecule has 7 heteroatoms. The van der Waals surface area contributed by atoms with E-state index in [0.717, 1.165) is 5.69 Å².